The van der Waals surface area contributed by atoms with Gasteiger partial charge in [-0.2, -0.15) is 10.2 Å². The molecule has 2 amide bonds. The molecule has 0 spiro atoms. The average Bonchev–Trinajstić information content (AvgIpc) is 3.36. The van der Waals surface area contributed by atoms with Gasteiger partial charge < -0.3 is 15.4 Å². The lowest BCUT2D eigenvalue weighted by atomic mass is 9.84. The molecule has 9 heteroatoms. The number of nitrogens with zero attached hydrogens (tertiary/aromatic N) is 3. The zero-order valence-electron chi connectivity index (χ0n) is 14.8. The second-order valence-electron chi connectivity index (χ2n) is 6.12. The smallest absolute Gasteiger partial charge is 0.269 e. The number of hydrogen-bond acceptors (Lipinski definition) is 5. The van der Waals surface area contributed by atoms with Crippen molar-refractivity contribution in [2.45, 2.75) is 12.3 Å². The van der Waals surface area contributed by atoms with Crippen molar-refractivity contribution in [3.05, 3.63) is 53.5 Å². The summed E-state index contributed by atoms with van der Waals surface area (Å²) in [7, 11) is 3.13. The van der Waals surface area contributed by atoms with E-state index in [4.69, 9.17) is 4.74 Å². The fourth-order valence-corrected chi connectivity index (χ4v) is 3.38. The standard InChI is InChI=1S/C18H18N6O3/c1-19-18(26)16-15-12(9-14(25)21-17(15)23-22-16)11-8-10(27-2)4-5-13(11)24-7-3-6-20-24/h3-8,12H,9H2,1-2H3,(H,19,26)(H2,21,22,23,25). The monoisotopic (exact) mass is 366 g/mol. The van der Waals surface area contributed by atoms with E-state index in [0.717, 1.165) is 11.3 Å². The van der Waals surface area contributed by atoms with Crippen LogP contribution >= 0.6 is 0 Å². The van der Waals surface area contributed by atoms with Crippen LogP contribution in [0.5, 0.6) is 5.75 Å². The van der Waals surface area contributed by atoms with Crippen molar-refractivity contribution < 1.29 is 14.3 Å². The Morgan fingerprint density at radius 1 is 1.41 bits per heavy atom. The molecule has 27 heavy (non-hydrogen) atoms. The summed E-state index contributed by atoms with van der Waals surface area (Å²) in [6.45, 7) is 0. The van der Waals surface area contributed by atoms with Crippen molar-refractivity contribution in [3.8, 4) is 11.4 Å². The third-order valence-corrected chi connectivity index (χ3v) is 4.62. The summed E-state index contributed by atoms with van der Waals surface area (Å²) in [5.74, 6) is 0.168. The van der Waals surface area contributed by atoms with E-state index in [0.29, 0.717) is 22.8 Å². The zero-order chi connectivity index (χ0) is 19.0. The van der Waals surface area contributed by atoms with Gasteiger partial charge >= 0.3 is 0 Å². The fraction of sp³-hybridized carbons (Fsp3) is 0.222. The molecule has 0 saturated heterocycles. The molecule has 0 bridgehead atoms. The number of nitrogens with one attached hydrogen (secondary N) is 3. The minimum absolute atomic E-state index is 0.170. The molecule has 1 atom stereocenters. The molecule has 1 aromatic carbocycles. The lowest BCUT2D eigenvalue weighted by Gasteiger charge is -2.25. The van der Waals surface area contributed by atoms with Gasteiger partial charge in [-0.1, -0.05) is 0 Å². The van der Waals surface area contributed by atoms with Gasteiger partial charge in [0.2, 0.25) is 5.91 Å². The Bertz CT molecular complexity index is 1010. The van der Waals surface area contributed by atoms with Crippen LogP contribution in [-0.2, 0) is 4.79 Å². The van der Waals surface area contributed by atoms with Gasteiger partial charge in [0.25, 0.3) is 5.91 Å². The van der Waals surface area contributed by atoms with E-state index in [1.165, 1.54) is 0 Å². The van der Waals surface area contributed by atoms with Crippen molar-refractivity contribution in [2.75, 3.05) is 19.5 Å². The first kappa shape index (κ1) is 16.8. The number of anilines is 1. The number of H-pyrrole nitrogens is 1. The Morgan fingerprint density at radius 3 is 2.96 bits per heavy atom. The quantitative estimate of drug-likeness (QED) is 0.646. The van der Waals surface area contributed by atoms with Crippen molar-refractivity contribution >= 4 is 17.6 Å². The molecule has 0 aliphatic carbocycles. The molecule has 1 aliphatic rings. The van der Waals surface area contributed by atoms with Crippen LogP contribution < -0.4 is 15.4 Å². The van der Waals surface area contributed by atoms with Crippen LogP contribution in [0.15, 0.2) is 36.7 Å². The lowest BCUT2D eigenvalue weighted by molar-refractivity contribution is -0.116. The Hall–Kier alpha value is -3.62. The molecule has 9 nitrogen and oxygen atoms in total. The molecule has 3 aromatic rings. The van der Waals surface area contributed by atoms with Gasteiger partial charge in [0, 0.05) is 37.3 Å². The average molecular weight is 366 g/mol. The van der Waals surface area contributed by atoms with Crippen LogP contribution in [0.4, 0.5) is 5.82 Å². The Morgan fingerprint density at radius 2 is 2.26 bits per heavy atom. The van der Waals surface area contributed by atoms with Gasteiger partial charge in [-0.25, -0.2) is 4.68 Å². The summed E-state index contributed by atoms with van der Waals surface area (Å²) in [5, 5.41) is 16.5. The van der Waals surface area contributed by atoms with Crippen molar-refractivity contribution in [2.24, 2.45) is 0 Å². The highest BCUT2D eigenvalue weighted by Gasteiger charge is 2.35. The minimum atomic E-state index is -0.380. The van der Waals surface area contributed by atoms with Crippen LogP contribution in [0.25, 0.3) is 5.69 Å². The third-order valence-electron chi connectivity index (χ3n) is 4.62. The largest absolute Gasteiger partial charge is 0.497 e. The Balaban J connectivity index is 1.93. The number of hydrogen-bond donors (Lipinski definition) is 3. The van der Waals surface area contributed by atoms with Crippen molar-refractivity contribution in [1.29, 1.82) is 0 Å². The van der Waals surface area contributed by atoms with E-state index in [1.54, 1.807) is 25.0 Å². The van der Waals surface area contributed by atoms with E-state index < -0.39 is 0 Å². The van der Waals surface area contributed by atoms with E-state index in [-0.39, 0.29) is 24.2 Å². The van der Waals surface area contributed by atoms with Crippen LogP contribution in [0.1, 0.15) is 34.0 Å². The lowest BCUT2D eigenvalue weighted by Crippen LogP contribution is -2.27. The maximum atomic E-state index is 12.3. The molecule has 138 valence electrons. The molecule has 3 N–H and O–H groups in total. The van der Waals surface area contributed by atoms with Gasteiger partial charge in [-0.05, 0) is 29.8 Å². The highest BCUT2D eigenvalue weighted by molar-refractivity contribution is 6.00. The maximum absolute atomic E-state index is 12.3. The predicted molar refractivity (Wildman–Crippen MR) is 97.2 cm³/mol. The maximum Gasteiger partial charge on any atom is 0.269 e. The van der Waals surface area contributed by atoms with Crippen LogP contribution in [0, 0.1) is 0 Å². The molecule has 0 saturated carbocycles. The molecule has 0 fully saturated rings. The Kier molecular flexibility index (Phi) is 4.11. The summed E-state index contributed by atoms with van der Waals surface area (Å²) in [5.41, 5.74) is 2.60. The number of methoxy groups -OCH3 is 1. The summed E-state index contributed by atoms with van der Waals surface area (Å²) in [6.07, 6.45) is 3.68. The third kappa shape index (κ3) is 2.82. The first-order chi connectivity index (χ1) is 13.1. The predicted octanol–water partition coefficient (Wildman–Crippen LogP) is 1.44. The first-order valence-electron chi connectivity index (χ1n) is 8.40. The van der Waals surface area contributed by atoms with Crippen LogP contribution in [0.2, 0.25) is 0 Å². The number of carbonyl (C=O) groups excluding carboxylic acids is 2. The molecule has 1 aliphatic heterocycles. The fourth-order valence-electron chi connectivity index (χ4n) is 3.38. The normalized spacial score (nSPS) is 15.8. The SMILES string of the molecule is CNC(=O)c1[nH]nc2c1C(c1cc(OC)ccc1-n1cccn1)CC(=O)N2. The van der Waals surface area contributed by atoms with Gasteiger partial charge in [0.05, 0.1) is 12.8 Å². The topological polar surface area (TPSA) is 114 Å². The molecule has 4 rings (SSSR count). The van der Waals surface area contributed by atoms with Crippen LogP contribution in [0.3, 0.4) is 0 Å². The molecule has 2 aromatic heterocycles. The van der Waals surface area contributed by atoms with Gasteiger partial charge in [-0.3, -0.25) is 14.7 Å². The van der Waals surface area contributed by atoms with Gasteiger partial charge in [0.1, 0.15) is 11.4 Å². The van der Waals surface area contributed by atoms with E-state index in [1.807, 2.05) is 30.5 Å². The second-order valence-corrected chi connectivity index (χ2v) is 6.12. The molecular weight excluding hydrogens is 348 g/mol. The number of aromatic nitrogens is 4. The van der Waals surface area contributed by atoms with Crippen molar-refractivity contribution in [1.82, 2.24) is 25.3 Å². The number of ether oxygens (including phenoxy) is 1. The van der Waals surface area contributed by atoms with Gasteiger partial charge in [0.15, 0.2) is 5.82 Å². The highest BCUT2D eigenvalue weighted by Crippen LogP contribution is 2.41. The number of fused-ring (bicyclic) bond motifs is 1. The summed E-state index contributed by atoms with van der Waals surface area (Å²) in [4.78, 5) is 24.6. The first-order valence-corrected chi connectivity index (χ1v) is 8.40. The number of carbonyl (C=O) groups is 2. The number of aromatic amines is 1. The summed E-state index contributed by atoms with van der Waals surface area (Å²) in [6, 6.07) is 7.40. The number of rotatable bonds is 4. The highest BCUT2D eigenvalue weighted by atomic mass is 16.5. The second kappa shape index (κ2) is 6.60. The molecule has 1 unspecified atom stereocenters. The molecular formula is C18H18N6O3. The Labute approximate surface area is 154 Å². The molecule has 3 heterocycles. The number of amides is 2. The van der Waals surface area contributed by atoms with Gasteiger partial charge in [-0.15, -0.1) is 0 Å². The van der Waals surface area contributed by atoms with Crippen LogP contribution in [-0.4, -0.2) is 45.9 Å². The summed E-state index contributed by atoms with van der Waals surface area (Å²) < 4.78 is 7.10. The van der Waals surface area contributed by atoms with Crippen molar-refractivity contribution in [3.63, 3.8) is 0 Å². The minimum Gasteiger partial charge on any atom is -0.497 e. The van der Waals surface area contributed by atoms with E-state index >= 15 is 0 Å². The van der Waals surface area contributed by atoms with E-state index in [9.17, 15) is 9.59 Å². The zero-order valence-corrected chi connectivity index (χ0v) is 14.8. The molecule has 0 radical (unpaired) electrons. The van der Waals surface area contributed by atoms with E-state index in [2.05, 4.69) is 25.9 Å². The summed E-state index contributed by atoms with van der Waals surface area (Å²) >= 11 is 0. The number of benzene rings is 1.